The highest BCUT2D eigenvalue weighted by Gasteiger charge is 2.11. The minimum Gasteiger partial charge on any atom is -0.388 e. The number of anilines is 1. The van der Waals surface area contributed by atoms with Crippen molar-refractivity contribution in [2.45, 2.75) is 20.3 Å². The average Bonchev–Trinajstić information content (AvgIpc) is 2.34. The number of carbonyl (C=O) groups excluding carboxylic acids is 1. The molecule has 5 N–H and O–H groups in total. The molecule has 0 bridgehead atoms. The van der Waals surface area contributed by atoms with Gasteiger partial charge in [-0.3, -0.25) is 15.2 Å². The summed E-state index contributed by atoms with van der Waals surface area (Å²) >= 11 is 0. The van der Waals surface area contributed by atoms with Crippen LogP contribution in [0.5, 0.6) is 0 Å². The van der Waals surface area contributed by atoms with Crippen molar-refractivity contribution in [1.29, 1.82) is 5.41 Å². The zero-order valence-corrected chi connectivity index (χ0v) is 11.4. The average molecular weight is 263 g/mol. The van der Waals surface area contributed by atoms with Crippen LogP contribution in [0.25, 0.3) is 0 Å². The van der Waals surface area contributed by atoms with Crippen LogP contribution in [0.4, 0.5) is 5.69 Å². The van der Waals surface area contributed by atoms with Crippen molar-refractivity contribution >= 4 is 17.4 Å². The van der Waals surface area contributed by atoms with E-state index >= 15 is 0 Å². The first-order valence-electron chi connectivity index (χ1n) is 6.24. The Morgan fingerprint density at radius 2 is 2.16 bits per heavy atom. The molecule has 19 heavy (non-hydrogen) atoms. The van der Waals surface area contributed by atoms with Gasteiger partial charge in [0.05, 0.1) is 5.84 Å². The number of nitrogens with one attached hydrogen (secondary N) is 1. The first kappa shape index (κ1) is 14.9. The number of amidine groups is 1. The highest BCUT2D eigenvalue weighted by Crippen LogP contribution is 2.16. The number of carbonyl (C=O) groups is 1. The lowest BCUT2D eigenvalue weighted by atomic mass is 10.1. The van der Waals surface area contributed by atoms with Crippen molar-refractivity contribution in [3.8, 4) is 0 Å². The molecule has 1 rings (SSSR count). The number of pyridine rings is 1. The summed E-state index contributed by atoms with van der Waals surface area (Å²) in [5.74, 6) is 0.0630. The molecule has 0 aliphatic heterocycles. The minimum absolute atomic E-state index is 0.151. The van der Waals surface area contributed by atoms with Crippen molar-refractivity contribution < 1.29 is 4.79 Å². The topological polar surface area (TPSA) is 109 Å². The van der Waals surface area contributed by atoms with E-state index in [0.717, 1.165) is 12.2 Å². The van der Waals surface area contributed by atoms with Gasteiger partial charge in [-0.15, -0.1) is 0 Å². The van der Waals surface area contributed by atoms with E-state index in [1.165, 1.54) is 0 Å². The number of hydrogen-bond donors (Lipinski definition) is 3. The zero-order chi connectivity index (χ0) is 14.4. The Morgan fingerprint density at radius 3 is 2.68 bits per heavy atom. The Labute approximate surface area is 113 Å². The summed E-state index contributed by atoms with van der Waals surface area (Å²) in [6.45, 7) is 5.67. The second kappa shape index (κ2) is 6.72. The highest BCUT2D eigenvalue weighted by molar-refractivity contribution is 5.91. The van der Waals surface area contributed by atoms with Gasteiger partial charge in [0.1, 0.15) is 5.69 Å². The van der Waals surface area contributed by atoms with Crippen molar-refractivity contribution in [3.63, 3.8) is 0 Å². The maximum Gasteiger partial charge on any atom is 0.267 e. The molecule has 0 saturated carbocycles. The molecule has 1 amide bonds. The van der Waals surface area contributed by atoms with Crippen LogP contribution in [-0.4, -0.2) is 29.8 Å². The monoisotopic (exact) mass is 263 g/mol. The predicted molar refractivity (Wildman–Crippen MR) is 76.3 cm³/mol. The molecule has 0 spiro atoms. The van der Waals surface area contributed by atoms with Crippen LogP contribution in [0, 0.1) is 11.3 Å². The summed E-state index contributed by atoms with van der Waals surface area (Å²) in [4.78, 5) is 17.2. The summed E-state index contributed by atoms with van der Waals surface area (Å²) in [7, 11) is 0. The SMILES string of the molecule is CC(C)CN(CCC(=N)N)c1ccnc(C(N)=O)c1. The smallest absolute Gasteiger partial charge is 0.267 e. The Kier molecular flexibility index (Phi) is 5.29. The molecule has 0 atom stereocenters. The van der Waals surface area contributed by atoms with Gasteiger partial charge in [-0.2, -0.15) is 0 Å². The van der Waals surface area contributed by atoms with Gasteiger partial charge < -0.3 is 16.4 Å². The van der Waals surface area contributed by atoms with Crippen LogP contribution in [0.2, 0.25) is 0 Å². The fourth-order valence-electron chi connectivity index (χ4n) is 1.77. The number of nitrogens with zero attached hydrogens (tertiary/aromatic N) is 2. The van der Waals surface area contributed by atoms with E-state index in [9.17, 15) is 4.79 Å². The third-order valence-corrected chi connectivity index (χ3v) is 2.60. The van der Waals surface area contributed by atoms with E-state index < -0.39 is 5.91 Å². The van der Waals surface area contributed by atoms with Gasteiger partial charge in [-0.05, 0) is 18.1 Å². The predicted octanol–water partition coefficient (Wildman–Crippen LogP) is 0.969. The molecule has 1 heterocycles. The van der Waals surface area contributed by atoms with Crippen molar-refractivity contribution in [2.75, 3.05) is 18.0 Å². The van der Waals surface area contributed by atoms with Crippen molar-refractivity contribution in [3.05, 3.63) is 24.0 Å². The van der Waals surface area contributed by atoms with E-state index in [0.29, 0.717) is 18.9 Å². The summed E-state index contributed by atoms with van der Waals surface area (Å²) < 4.78 is 0. The largest absolute Gasteiger partial charge is 0.388 e. The van der Waals surface area contributed by atoms with Gasteiger partial charge in [0.25, 0.3) is 5.91 Å². The Morgan fingerprint density at radius 1 is 1.47 bits per heavy atom. The van der Waals surface area contributed by atoms with Gasteiger partial charge in [-0.1, -0.05) is 13.8 Å². The fourth-order valence-corrected chi connectivity index (χ4v) is 1.77. The van der Waals surface area contributed by atoms with Gasteiger partial charge in [0.2, 0.25) is 0 Å². The van der Waals surface area contributed by atoms with Crippen molar-refractivity contribution in [2.24, 2.45) is 17.4 Å². The van der Waals surface area contributed by atoms with Crippen LogP contribution >= 0.6 is 0 Å². The molecule has 0 aromatic carbocycles. The molecule has 0 unspecified atom stereocenters. The summed E-state index contributed by atoms with van der Waals surface area (Å²) in [6.07, 6.45) is 2.05. The number of rotatable bonds is 7. The first-order chi connectivity index (χ1) is 8.90. The second-order valence-corrected chi connectivity index (χ2v) is 4.88. The Balaban J connectivity index is 2.92. The maximum atomic E-state index is 11.2. The molecule has 6 nitrogen and oxygen atoms in total. The van der Waals surface area contributed by atoms with E-state index in [-0.39, 0.29) is 11.5 Å². The summed E-state index contributed by atoms with van der Waals surface area (Å²) in [6, 6.07) is 3.50. The molecule has 6 heteroatoms. The van der Waals surface area contributed by atoms with E-state index in [2.05, 4.69) is 23.7 Å². The van der Waals surface area contributed by atoms with E-state index in [4.69, 9.17) is 16.9 Å². The maximum absolute atomic E-state index is 11.2. The minimum atomic E-state index is -0.544. The van der Waals surface area contributed by atoms with Crippen LogP contribution in [-0.2, 0) is 0 Å². The Bertz CT molecular complexity index is 458. The number of hydrogen-bond acceptors (Lipinski definition) is 4. The van der Waals surface area contributed by atoms with Crippen LogP contribution in [0.15, 0.2) is 18.3 Å². The third kappa shape index (κ3) is 4.95. The third-order valence-electron chi connectivity index (χ3n) is 2.60. The summed E-state index contributed by atoms with van der Waals surface area (Å²) in [5.41, 5.74) is 11.7. The first-order valence-corrected chi connectivity index (χ1v) is 6.24. The zero-order valence-electron chi connectivity index (χ0n) is 11.4. The molecular formula is C13H21N5O. The molecule has 0 saturated heterocycles. The standard InChI is InChI=1S/C13H21N5O/c1-9(2)8-18(6-4-12(14)15)10-3-5-17-11(7-10)13(16)19/h3,5,7,9H,4,6,8H2,1-2H3,(H3,14,15)(H2,16,19). The molecule has 0 fully saturated rings. The number of aromatic nitrogens is 1. The molecule has 104 valence electrons. The molecule has 1 aromatic heterocycles. The normalized spacial score (nSPS) is 10.5. The second-order valence-electron chi connectivity index (χ2n) is 4.88. The van der Waals surface area contributed by atoms with E-state index in [1.807, 2.05) is 6.07 Å². The van der Waals surface area contributed by atoms with Crippen LogP contribution in [0.3, 0.4) is 0 Å². The quantitative estimate of drug-likeness (QED) is 0.503. The molecule has 1 aromatic rings. The van der Waals surface area contributed by atoms with Gasteiger partial charge in [0.15, 0.2) is 0 Å². The van der Waals surface area contributed by atoms with Crippen LogP contribution in [0.1, 0.15) is 30.8 Å². The molecule has 0 radical (unpaired) electrons. The molecule has 0 aliphatic carbocycles. The van der Waals surface area contributed by atoms with E-state index in [1.54, 1.807) is 12.3 Å². The lowest BCUT2D eigenvalue weighted by molar-refractivity contribution is 0.0995. The lowest BCUT2D eigenvalue weighted by Gasteiger charge is -2.26. The van der Waals surface area contributed by atoms with Crippen molar-refractivity contribution in [1.82, 2.24) is 4.98 Å². The fraction of sp³-hybridized carbons (Fsp3) is 0.462. The highest BCUT2D eigenvalue weighted by atomic mass is 16.1. The van der Waals surface area contributed by atoms with Gasteiger partial charge in [-0.25, -0.2) is 0 Å². The van der Waals surface area contributed by atoms with Gasteiger partial charge >= 0.3 is 0 Å². The number of primary amides is 1. The Hall–Kier alpha value is -2.11. The number of amides is 1. The lowest BCUT2D eigenvalue weighted by Crippen LogP contribution is -2.31. The van der Waals surface area contributed by atoms with Crippen LogP contribution < -0.4 is 16.4 Å². The molecular weight excluding hydrogens is 242 g/mol. The molecule has 0 aliphatic rings. The summed E-state index contributed by atoms with van der Waals surface area (Å²) in [5, 5.41) is 7.31. The number of nitrogens with two attached hydrogens (primary N) is 2. The van der Waals surface area contributed by atoms with Gasteiger partial charge in [0, 0.05) is 31.4 Å².